The largest absolute Gasteiger partial charge is 0.484 e. The van der Waals surface area contributed by atoms with Gasteiger partial charge in [-0.25, -0.2) is 0 Å². The number of aliphatic hydroxyl groups is 1. The van der Waals surface area contributed by atoms with E-state index in [4.69, 9.17) is 10.5 Å². The monoisotopic (exact) mass is 250 g/mol. The summed E-state index contributed by atoms with van der Waals surface area (Å²) < 4.78 is 5.33. The first-order valence-electron chi connectivity index (χ1n) is 6.04. The quantitative estimate of drug-likeness (QED) is 0.671. The average Bonchev–Trinajstić information content (AvgIpc) is 2.33. The molecule has 0 unspecified atom stereocenters. The number of benzene rings is 1. The second-order valence-corrected chi connectivity index (χ2v) is 4.70. The minimum atomic E-state index is -0.415. The number of hydrogen-bond donors (Lipinski definition) is 3. The minimum absolute atomic E-state index is 0.0133. The normalized spacial score (nSPS) is 16.7. The van der Waals surface area contributed by atoms with E-state index < -0.39 is 5.54 Å². The lowest BCUT2D eigenvalue weighted by Gasteiger charge is -2.40. The Hall–Kier alpha value is -1.75. The van der Waals surface area contributed by atoms with Crippen LogP contribution in [0.25, 0.3) is 0 Å². The van der Waals surface area contributed by atoms with Crippen molar-refractivity contribution in [3.05, 3.63) is 24.3 Å². The van der Waals surface area contributed by atoms with Crippen LogP contribution in [0.2, 0.25) is 0 Å². The van der Waals surface area contributed by atoms with Crippen LogP contribution in [0.4, 0.5) is 5.69 Å². The van der Waals surface area contributed by atoms with Crippen molar-refractivity contribution >= 4 is 11.6 Å². The molecule has 2 rings (SSSR count). The van der Waals surface area contributed by atoms with Crippen molar-refractivity contribution in [2.75, 3.05) is 18.9 Å². The van der Waals surface area contributed by atoms with Gasteiger partial charge in [-0.3, -0.25) is 4.79 Å². The van der Waals surface area contributed by atoms with Gasteiger partial charge in [-0.05, 0) is 43.5 Å². The molecule has 98 valence electrons. The third kappa shape index (κ3) is 2.92. The average molecular weight is 250 g/mol. The van der Waals surface area contributed by atoms with Crippen molar-refractivity contribution in [1.29, 1.82) is 0 Å². The molecule has 0 atom stereocenters. The lowest BCUT2D eigenvalue weighted by Crippen LogP contribution is -2.57. The van der Waals surface area contributed by atoms with Gasteiger partial charge in [0.2, 0.25) is 0 Å². The minimum Gasteiger partial charge on any atom is -0.484 e. The predicted molar refractivity (Wildman–Crippen MR) is 68.2 cm³/mol. The molecule has 0 aliphatic heterocycles. The number of carbonyl (C=O) groups is 1. The molecule has 1 aliphatic rings. The highest BCUT2D eigenvalue weighted by molar-refractivity contribution is 5.78. The molecule has 1 aromatic carbocycles. The Kier molecular flexibility index (Phi) is 3.72. The Balaban J connectivity index is 1.79. The highest BCUT2D eigenvalue weighted by atomic mass is 16.5. The summed E-state index contributed by atoms with van der Waals surface area (Å²) in [7, 11) is 0. The van der Waals surface area contributed by atoms with Crippen LogP contribution in [0.1, 0.15) is 19.3 Å². The molecule has 1 amide bonds. The van der Waals surface area contributed by atoms with Gasteiger partial charge in [0.25, 0.3) is 5.91 Å². The molecule has 1 fully saturated rings. The summed E-state index contributed by atoms with van der Waals surface area (Å²) in [4.78, 5) is 11.7. The molecule has 0 saturated heterocycles. The van der Waals surface area contributed by atoms with Crippen LogP contribution >= 0.6 is 0 Å². The summed E-state index contributed by atoms with van der Waals surface area (Å²) in [5.74, 6) is 0.395. The van der Waals surface area contributed by atoms with Crippen LogP contribution in [-0.2, 0) is 4.79 Å². The molecule has 5 nitrogen and oxygen atoms in total. The molecule has 1 aromatic rings. The van der Waals surface area contributed by atoms with Crippen LogP contribution in [0.15, 0.2) is 24.3 Å². The van der Waals surface area contributed by atoms with Crippen LogP contribution in [0.5, 0.6) is 5.75 Å². The third-order valence-electron chi connectivity index (χ3n) is 3.27. The van der Waals surface area contributed by atoms with E-state index in [1.54, 1.807) is 24.3 Å². The zero-order valence-corrected chi connectivity index (χ0v) is 10.2. The van der Waals surface area contributed by atoms with E-state index in [1.165, 1.54) is 0 Å². The van der Waals surface area contributed by atoms with E-state index >= 15 is 0 Å². The van der Waals surface area contributed by atoms with Gasteiger partial charge in [-0.15, -0.1) is 0 Å². The van der Waals surface area contributed by atoms with Crippen LogP contribution in [0, 0.1) is 0 Å². The maximum Gasteiger partial charge on any atom is 0.258 e. The maximum absolute atomic E-state index is 11.7. The van der Waals surface area contributed by atoms with Crippen molar-refractivity contribution in [3.63, 3.8) is 0 Å². The topological polar surface area (TPSA) is 84.6 Å². The predicted octanol–water partition coefficient (Wildman–Crippen LogP) is 0.679. The molecule has 1 aliphatic carbocycles. The molecule has 4 N–H and O–H groups in total. The van der Waals surface area contributed by atoms with E-state index in [0.29, 0.717) is 11.4 Å². The SMILES string of the molecule is Nc1ccc(OCC(=O)NC2(CO)CCC2)cc1. The number of nitrogens with two attached hydrogens (primary N) is 1. The molecular weight excluding hydrogens is 232 g/mol. The Morgan fingerprint density at radius 1 is 1.39 bits per heavy atom. The summed E-state index contributed by atoms with van der Waals surface area (Å²) in [5.41, 5.74) is 5.79. The molecule has 0 heterocycles. The van der Waals surface area contributed by atoms with Gasteiger partial charge in [-0.1, -0.05) is 0 Å². The van der Waals surface area contributed by atoms with Gasteiger partial charge in [0.05, 0.1) is 12.1 Å². The van der Waals surface area contributed by atoms with E-state index in [-0.39, 0.29) is 19.1 Å². The second kappa shape index (κ2) is 5.27. The number of anilines is 1. The highest BCUT2D eigenvalue weighted by Gasteiger charge is 2.37. The first-order chi connectivity index (χ1) is 8.63. The van der Waals surface area contributed by atoms with E-state index in [9.17, 15) is 9.90 Å². The third-order valence-corrected chi connectivity index (χ3v) is 3.27. The van der Waals surface area contributed by atoms with Crippen molar-refractivity contribution in [2.45, 2.75) is 24.8 Å². The Morgan fingerprint density at radius 3 is 2.56 bits per heavy atom. The standard InChI is InChI=1S/C13H18N2O3/c14-10-2-4-11(5-3-10)18-8-12(17)15-13(9-16)6-1-7-13/h2-5,16H,1,6-9,14H2,(H,15,17). The van der Waals surface area contributed by atoms with Crippen molar-refractivity contribution in [2.24, 2.45) is 0 Å². The van der Waals surface area contributed by atoms with Gasteiger partial charge < -0.3 is 20.9 Å². The zero-order chi connectivity index (χ0) is 13.0. The Labute approximate surface area is 106 Å². The summed E-state index contributed by atoms with van der Waals surface area (Å²) >= 11 is 0. The van der Waals surface area contributed by atoms with Gasteiger partial charge in [-0.2, -0.15) is 0 Å². The fraction of sp³-hybridized carbons (Fsp3) is 0.462. The number of ether oxygens (including phenoxy) is 1. The summed E-state index contributed by atoms with van der Waals surface area (Å²) in [6, 6.07) is 6.87. The smallest absolute Gasteiger partial charge is 0.258 e. The fourth-order valence-electron chi connectivity index (χ4n) is 1.97. The molecule has 18 heavy (non-hydrogen) atoms. The number of rotatable bonds is 5. The second-order valence-electron chi connectivity index (χ2n) is 4.70. The van der Waals surface area contributed by atoms with E-state index in [1.807, 2.05) is 0 Å². The molecule has 0 bridgehead atoms. The van der Waals surface area contributed by atoms with E-state index in [2.05, 4.69) is 5.32 Å². The molecule has 0 spiro atoms. The van der Waals surface area contributed by atoms with Crippen LogP contribution in [-0.4, -0.2) is 29.8 Å². The summed E-state index contributed by atoms with van der Waals surface area (Å²) in [6.45, 7) is -0.0632. The lowest BCUT2D eigenvalue weighted by molar-refractivity contribution is -0.127. The Morgan fingerprint density at radius 2 is 2.06 bits per heavy atom. The molecule has 5 heteroatoms. The first kappa shape index (κ1) is 12.7. The molecule has 0 radical (unpaired) electrons. The van der Waals surface area contributed by atoms with Gasteiger partial charge in [0, 0.05) is 5.69 Å². The molecular formula is C13H18N2O3. The highest BCUT2D eigenvalue weighted by Crippen LogP contribution is 2.30. The fourth-order valence-corrected chi connectivity index (χ4v) is 1.97. The van der Waals surface area contributed by atoms with Crippen molar-refractivity contribution < 1.29 is 14.6 Å². The van der Waals surface area contributed by atoms with E-state index in [0.717, 1.165) is 19.3 Å². The lowest BCUT2D eigenvalue weighted by atomic mass is 9.77. The molecule has 1 saturated carbocycles. The number of amides is 1. The van der Waals surface area contributed by atoms with Gasteiger partial charge in [0.1, 0.15) is 5.75 Å². The zero-order valence-electron chi connectivity index (χ0n) is 10.2. The van der Waals surface area contributed by atoms with Gasteiger partial charge in [0.15, 0.2) is 6.61 Å². The molecule has 0 aromatic heterocycles. The number of nitrogen functional groups attached to an aromatic ring is 1. The van der Waals surface area contributed by atoms with Gasteiger partial charge >= 0.3 is 0 Å². The van der Waals surface area contributed by atoms with Crippen molar-refractivity contribution in [1.82, 2.24) is 5.32 Å². The number of carbonyl (C=O) groups excluding carboxylic acids is 1. The van der Waals surface area contributed by atoms with Crippen molar-refractivity contribution in [3.8, 4) is 5.75 Å². The van der Waals surface area contributed by atoms with Crippen LogP contribution < -0.4 is 15.8 Å². The first-order valence-corrected chi connectivity index (χ1v) is 6.04. The number of nitrogens with one attached hydrogen (secondary N) is 1. The van der Waals surface area contributed by atoms with Crippen LogP contribution in [0.3, 0.4) is 0 Å². The summed E-state index contributed by atoms with van der Waals surface area (Å²) in [5, 5.41) is 12.1. The number of aliphatic hydroxyl groups excluding tert-OH is 1. The summed E-state index contributed by atoms with van der Waals surface area (Å²) in [6.07, 6.45) is 2.70. The Bertz CT molecular complexity index is 407. The number of hydrogen-bond acceptors (Lipinski definition) is 4. The maximum atomic E-state index is 11.7.